The Hall–Kier alpha value is -0.750. The largest absolute Gasteiger partial charge is 0.379 e. The van der Waals surface area contributed by atoms with Crippen LogP contribution in [0, 0.1) is 0 Å². The number of nitrogens with zero attached hydrogens (tertiary/aromatic N) is 2. The maximum atomic E-state index is 11.8. The molecule has 1 fully saturated rings. The minimum atomic E-state index is -0.266. The Morgan fingerprint density at radius 1 is 1.57 bits per heavy atom. The highest BCUT2D eigenvalue weighted by Gasteiger charge is 2.28. The molecule has 0 aliphatic carbocycles. The van der Waals surface area contributed by atoms with Crippen LogP contribution in [0.3, 0.4) is 0 Å². The number of hydrogen-bond donors (Lipinski definition) is 1. The van der Waals surface area contributed by atoms with Gasteiger partial charge in [0.1, 0.15) is 6.04 Å². The molecule has 0 spiro atoms. The molecule has 5 nitrogen and oxygen atoms in total. The summed E-state index contributed by atoms with van der Waals surface area (Å²) in [5.41, 5.74) is 5.51. The minimum absolute atomic E-state index is 0.0845. The molecule has 6 heteroatoms. The predicted molar refractivity (Wildman–Crippen MR) is 55.3 cm³/mol. The highest BCUT2D eigenvalue weighted by molar-refractivity contribution is 8.14. The van der Waals surface area contributed by atoms with Crippen LogP contribution in [0.2, 0.25) is 0 Å². The zero-order chi connectivity index (χ0) is 9.97. The molecule has 1 saturated heterocycles. The van der Waals surface area contributed by atoms with Crippen LogP contribution in [0.15, 0.2) is 4.99 Å². The summed E-state index contributed by atoms with van der Waals surface area (Å²) in [6.07, 6.45) is 0. The Morgan fingerprint density at radius 2 is 2.29 bits per heavy atom. The zero-order valence-electron chi connectivity index (χ0n) is 7.81. The average Bonchev–Trinajstić information content (AvgIpc) is 2.65. The third kappa shape index (κ3) is 2.01. The van der Waals surface area contributed by atoms with E-state index in [9.17, 15) is 4.79 Å². The van der Waals surface area contributed by atoms with Crippen LogP contribution >= 0.6 is 11.8 Å². The molecular weight excluding hydrogens is 202 g/mol. The molecule has 78 valence electrons. The van der Waals surface area contributed by atoms with Gasteiger partial charge in [-0.25, -0.2) is 4.99 Å². The van der Waals surface area contributed by atoms with E-state index in [2.05, 4.69) is 4.99 Å². The molecule has 1 unspecified atom stereocenters. The minimum Gasteiger partial charge on any atom is -0.379 e. The molecule has 14 heavy (non-hydrogen) atoms. The van der Waals surface area contributed by atoms with Crippen molar-refractivity contribution in [3.05, 3.63) is 0 Å². The lowest BCUT2D eigenvalue weighted by Crippen LogP contribution is -2.45. The lowest BCUT2D eigenvalue weighted by atomic mass is 10.3. The van der Waals surface area contributed by atoms with Gasteiger partial charge in [0.2, 0.25) is 5.91 Å². The second-order valence-electron chi connectivity index (χ2n) is 3.23. The van der Waals surface area contributed by atoms with Crippen molar-refractivity contribution in [2.24, 2.45) is 10.7 Å². The number of hydrogen-bond acceptors (Lipinski definition) is 5. The van der Waals surface area contributed by atoms with Gasteiger partial charge in [-0.2, -0.15) is 0 Å². The molecule has 2 N–H and O–H groups in total. The molecular formula is C8H13N3O2S. The summed E-state index contributed by atoms with van der Waals surface area (Å²) in [7, 11) is 0. The molecule has 0 radical (unpaired) electrons. The number of ether oxygens (including phenoxy) is 1. The van der Waals surface area contributed by atoms with Crippen LogP contribution in [0.1, 0.15) is 0 Å². The summed E-state index contributed by atoms with van der Waals surface area (Å²) in [5, 5.41) is 0.525. The highest BCUT2D eigenvalue weighted by atomic mass is 32.2. The van der Waals surface area contributed by atoms with Gasteiger partial charge in [0.15, 0.2) is 5.17 Å². The fourth-order valence-corrected chi connectivity index (χ4v) is 2.26. The molecule has 0 aromatic heterocycles. The van der Waals surface area contributed by atoms with E-state index in [1.807, 2.05) is 0 Å². The second-order valence-corrected chi connectivity index (χ2v) is 4.27. The molecule has 2 aliphatic rings. The first-order valence-electron chi connectivity index (χ1n) is 4.60. The van der Waals surface area contributed by atoms with Gasteiger partial charge in [-0.15, -0.1) is 0 Å². The molecule has 2 heterocycles. The number of carbonyl (C=O) groups excluding carboxylic acids is 1. The maximum Gasteiger partial charge on any atom is 0.248 e. The van der Waals surface area contributed by atoms with Gasteiger partial charge in [0.25, 0.3) is 0 Å². The highest BCUT2D eigenvalue weighted by Crippen LogP contribution is 2.17. The molecule has 0 bridgehead atoms. The van der Waals surface area contributed by atoms with Crippen molar-refractivity contribution in [3.63, 3.8) is 0 Å². The fourth-order valence-electron chi connectivity index (χ4n) is 1.51. The van der Waals surface area contributed by atoms with Gasteiger partial charge in [-0.1, -0.05) is 11.8 Å². The van der Waals surface area contributed by atoms with Crippen LogP contribution in [-0.2, 0) is 9.53 Å². The van der Waals surface area contributed by atoms with E-state index < -0.39 is 0 Å². The lowest BCUT2D eigenvalue weighted by Gasteiger charge is -2.28. The van der Waals surface area contributed by atoms with Crippen molar-refractivity contribution < 1.29 is 9.53 Å². The molecule has 0 aromatic rings. The van der Waals surface area contributed by atoms with Crippen molar-refractivity contribution in [1.82, 2.24) is 4.90 Å². The number of amidine groups is 1. The number of thioether (sulfide) groups is 1. The average molecular weight is 215 g/mol. The number of rotatable bonds is 1. The number of nitrogens with two attached hydrogens (primary N) is 1. The first kappa shape index (κ1) is 9.79. The van der Waals surface area contributed by atoms with E-state index in [-0.39, 0.29) is 11.9 Å². The Morgan fingerprint density at radius 3 is 2.86 bits per heavy atom. The Kier molecular flexibility index (Phi) is 2.93. The van der Waals surface area contributed by atoms with Gasteiger partial charge < -0.3 is 15.4 Å². The van der Waals surface area contributed by atoms with Crippen molar-refractivity contribution in [3.8, 4) is 0 Å². The first-order chi connectivity index (χ1) is 6.77. The number of morpholine rings is 1. The third-order valence-electron chi connectivity index (χ3n) is 2.28. The second kappa shape index (κ2) is 4.18. The van der Waals surface area contributed by atoms with Gasteiger partial charge in [-0.3, -0.25) is 4.79 Å². The van der Waals surface area contributed by atoms with Crippen LogP contribution in [-0.4, -0.2) is 54.1 Å². The van der Waals surface area contributed by atoms with Crippen LogP contribution in [0.4, 0.5) is 0 Å². The fraction of sp³-hybridized carbons (Fsp3) is 0.750. The summed E-state index contributed by atoms with van der Waals surface area (Å²) >= 11 is 1.45. The zero-order valence-corrected chi connectivity index (χ0v) is 8.63. The summed E-state index contributed by atoms with van der Waals surface area (Å²) in [6.45, 7) is 2.61. The van der Waals surface area contributed by atoms with Crippen LogP contribution < -0.4 is 5.73 Å². The van der Waals surface area contributed by atoms with Gasteiger partial charge in [0.05, 0.1) is 13.2 Å². The summed E-state index contributed by atoms with van der Waals surface area (Å²) in [6, 6.07) is -0.266. The van der Waals surface area contributed by atoms with E-state index in [0.717, 1.165) is 0 Å². The molecule has 2 aliphatic heterocycles. The van der Waals surface area contributed by atoms with Gasteiger partial charge >= 0.3 is 0 Å². The van der Waals surface area contributed by atoms with E-state index >= 15 is 0 Å². The van der Waals surface area contributed by atoms with Gasteiger partial charge in [-0.05, 0) is 0 Å². The van der Waals surface area contributed by atoms with Crippen molar-refractivity contribution >= 4 is 22.8 Å². The molecule has 0 saturated carbocycles. The molecule has 1 amide bonds. The van der Waals surface area contributed by atoms with E-state index in [4.69, 9.17) is 10.5 Å². The topological polar surface area (TPSA) is 67.9 Å². The predicted octanol–water partition coefficient (Wildman–Crippen LogP) is -0.725. The molecule has 0 aromatic carbocycles. The quantitative estimate of drug-likeness (QED) is 0.626. The van der Waals surface area contributed by atoms with E-state index in [1.165, 1.54) is 11.8 Å². The van der Waals surface area contributed by atoms with Crippen LogP contribution in [0.5, 0.6) is 0 Å². The first-order valence-corrected chi connectivity index (χ1v) is 5.58. The van der Waals surface area contributed by atoms with Crippen molar-refractivity contribution in [1.29, 1.82) is 0 Å². The number of carbonyl (C=O) groups is 1. The summed E-state index contributed by atoms with van der Waals surface area (Å²) < 4.78 is 5.17. The van der Waals surface area contributed by atoms with Crippen molar-refractivity contribution in [2.75, 3.05) is 32.1 Å². The molecule has 2 rings (SSSR count). The molecule has 1 atom stereocenters. The van der Waals surface area contributed by atoms with Gasteiger partial charge in [0, 0.05) is 18.8 Å². The normalized spacial score (nSPS) is 27.6. The SMILES string of the molecule is NC1=NC(C(=O)N2CCOCC2)CS1. The monoisotopic (exact) mass is 215 g/mol. The van der Waals surface area contributed by atoms with Crippen molar-refractivity contribution in [2.45, 2.75) is 6.04 Å². The smallest absolute Gasteiger partial charge is 0.248 e. The Balaban J connectivity index is 1.94. The van der Waals surface area contributed by atoms with E-state index in [0.29, 0.717) is 37.2 Å². The number of amides is 1. The summed E-state index contributed by atoms with van der Waals surface area (Å²) in [4.78, 5) is 17.7. The standard InChI is InChI=1S/C8H13N3O2S/c9-8-10-6(5-14-8)7(12)11-1-3-13-4-2-11/h6H,1-5H2,(H2,9,10). The summed E-state index contributed by atoms with van der Waals surface area (Å²) in [5.74, 6) is 0.767. The van der Waals surface area contributed by atoms with Crippen LogP contribution in [0.25, 0.3) is 0 Å². The number of aliphatic imine (C=N–C) groups is 1. The lowest BCUT2D eigenvalue weighted by molar-refractivity contribution is -0.135. The third-order valence-corrected chi connectivity index (χ3v) is 3.16. The van der Waals surface area contributed by atoms with E-state index in [1.54, 1.807) is 4.90 Å². The Labute approximate surface area is 86.7 Å². The Bertz CT molecular complexity index is 263. The maximum absolute atomic E-state index is 11.8.